The fraction of sp³-hybridized carbons (Fsp3) is 0.579. The van der Waals surface area contributed by atoms with Crippen molar-refractivity contribution in [3.8, 4) is 0 Å². The van der Waals surface area contributed by atoms with Crippen LogP contribution in [0.5, 0.6) is 0 Å². The summed E-state index contributed by atoms with van der Waals surface area (Å²) >= 11 is 0. The molecule has 25 heavy (non-hydrogen) atoms. The summed E-state index contributed by atoms with van der Waals surface area (Å²) in [5, 5.41) is 2.77. The Morgan fingerprint density at radius 3 is 2.12 bits per heavy atom. The van der Waals surface area contributed by atoms with Gasteiger partial charge >= 0.3 is 5.97 Å². The van der Waals surface area contributed by atoms with Gasteiger partial charge in [0.1, 0.15) is 0 Å². The van der Waals surface area contributed by atoms with Crippen molar-refractivity contribution in [1.82, 2.24) is 5.32 Å². The Morgan fingerprint density at radius 1 is 1.12 bits per heavy atom. The summed E-state index contributed by atoms with van der Waals surface area (Å²) in [6, 6.07) is 4.09. The second kappa shape index (κ2) is 7.14. The number of carbonyl (C=O) groups is 2. The van der Waals surface area contributed by atoms with E-state index in [1.54, 1.807) is 13.8 Å². The molecule has 1 heterocycles. The molecule has 0 aliphatic carbocycles. The third kappa shape index (κ3) is 4.38. The van der Waals surface area contributed by atoms with E-state index in [2.05, 4.69) is 5.32 Å². The first-order valence-electron chi connectivity index (χ1n) is 8.33. The highest BCUT2D eigenvalue weighted by atomic mass is 16.7. The lowest BCUT2D eigenvalue weighted by Gasteiger charge is -2.41. The number of benzene rings is 1. The molecule has 0 saturated carbocycles. The lowest BCUT2D eigenvalue weighted by atomic mass is 9.95. The average molecular weight is 349 g/mol. The summed E-state index contributed by atoms with van der Waals surface area (Å²) in [5.41, 5.74) is 2.89. The van der Waals surface area contributed by atoms with E-state index in [1.807, 2.05) is 32.9 Å². The standard InChI is InChI=1S/C19H27NO5/c1-12-7-13(2)15(14(3)8-12)9-16(21)20-19(17(22)23-6)10-24-18(4,5)25-11-19/h7-8H,9-11H2,1-6H3,(H,20,21). The van der Waals surface area contributed by atoms with Gasteiger partial charge in [0, 0.05) is 0 Å². The molecule has 1 amide bonds. The van der Waals surface area contributed by atoms with Gasteiger partial charge in [-0.1, -0.05) is 17.7 Å². The minimum Gasteiger partial charge on any atom is -0.467 e. The van der Waals surface area contributed by atoms with Crippen LogP contribution in [-0.4, -0.2) is 43.5 Å². The van der Waals surface area contributed by atoms with Gasteiger partial charge in [0.2, 0.25) is 5.91 Å². The Kier molecular flexibility index (Phi) is 5.54. The highest BCUT2D eigenvalue weighted by Crippen LogP contribution is 2.25. The highest BCUT2D eigenvalue weighted by molar-refractivity contribution is 5.89. The molecule has 1 aromatic rings. The predicted octanol–water partition coefficient (Wildman–Crippen LogP) is 1.97. The van der Waals surface area contributed by atoms with Gasteiger partial charge in [-0.2, -0.15) is 0 Å². The molecule has 0 bridgehead atoms. The minimum atomic E-state index is -1.33. The van der Waals surface area contributed by atoms with Crippen LogP contribution in [0.2, 0.25) is 0 Å². The molecule has 0 spiro atoms. The summed E-state index contributed by atoms with van der Waals surface area (Å²) in [7, 11) is 1.28. The lowest BCUT2D eigenvalue weighted by molar-refractivity contribution is -0.270. The van der Waals surface area contributed by atoms with Crippen LogP contribution in [0, 0.1) is 20.8 Å². The number of esters is 1. The molecule has 1 aromatic carbocycles. The zero-order chi connectivity index (χ0) is 18.8. The van der Waals surface area contributed by atoms with Crippen molar-refractivity contribution >= 4 is 11.9 Å². The van der Waals surface area contributed by atoms with Crippen LogP contribution in [-0.2, 0) is 30.2 Å². The molecule has 1 fully saturated rings. The van der Waals surface area contributed by atoms with E-state index in [4.69, 9.17) is 14.2 Å². The molecule has 0 aromatic heterocycles. The molecule has 6 heteroatoms. The van der Waals surface area contributed by atoms with Crippen LogP contribution < -0.4 is 5.32 Å². The number of carbonyl (C=O) groups excluding carboxylic acids is 2. The van der Waals surface area contributed by atoms with Crippen LogP contribution in [0.3, 0.4) is 0 Å². The molecule has 0 unspecified atom stereocenters. The molecule has 1 aliphatic rings. The number of ether oxygens (including phenoxy) is 3. The van der Waals surface area contributed by atoms with E-state index in [0.29, 0.717) is 0 Å². The van der Waals surface area contributed by atoms with Gasteiger partial charge in [-0.05, 0) is 51.3 Å². The zero-order valence-electron chi connectivity index (χ0n) is 15.8. The second-order valence-corrected chi connectivity index (χ2v) is 7.15. The third-order valence-corrected chi connectivity index (χ3v) is 4.46. The third-order valence-electron chi connectivity index (χ3n) is 4.46. The normalized spacial score (nSPS) is 18.5. The maximum atomic E-state index is 12.6. The highest BCUT2D eigenvalue weighted by Gasteiger charge is 2.48. The van der Waals surface area contributed by atoms with E-state index >= 15 is 0 Å². The van der Waals surface area contributed by atoms with E-state index in [0.717, 1.165) is 22.3 Å². The summed E-state index contributed by atoms with van der Waals surface area (Å²) in [4.78, 5) is 24.9. The Morgan fingerprint density at radius 2 is 1.64 bits per heavy atom. The van der Waals surface area contributed by atoms with Crippen molar-refractivity contribution in [3.05, 3.63) is 34.4 Å². The zero-order valence-corrected chi connectivity index (χ0v) is 15.8. The monoisotopic (exact) mass is 349 g/mol. The van der Waals surface area contributed by atoms with E-state index in [9.17, 15) is 9.59 Å². The minimum absolute atomic E-state index is 0.00424. The van der Waals surface area contributed by atoms with Crippen molar-refractivity contribution in [2.45, 2.75) is 52.4 Å². The quantitative estimate of drug-likeness (QED) is 0.841. The molecular weight excluding hydrogens is 322 g/mol. The maximum Gasteiger partial charge on any atom is 0.336 e. The van der Waals surface area contributed by atoms with Gasteiger partial charge in [0.15, 0.2) is 11.3 Å². The van der Waals surface area contributed by atoms with Crippen LogP contribution >= 0.6 is 0 Å². The Hall–Kier alpha value is -1.92. The number of hydrogen-bond acceptors (Lipinski definition) is 5. The summed E-state index contributed by atoms with van der Waals surface area (Å²) in [6.07, 6.45) is 0.181. The molecule has 6 nitrogen and oxygen atoms in total. The molecule has 138 valence electrons. The van der Waals surface area contributed by atoms with Gasteiger partial charge in [0.25, 0.3) is 0 Å². The Balaban J connectivity index is 2.17. The first-order chi connectivity index (χ1) is 11.6. The van der Waals surface area contributed by atoms with Crippen molar-refractivity contribution in [2.24, 2.45) is 0 Å². The molecule has 2 rings (SSSR count). The van der Waals surface area contributed by atoms with Crippen molar-refractivity contribution < 1.29 is 23.8 Å². The second-order valence-electron chi connectivity index (χ2n) is 7.15. The molecule has 1 N–H and O–H groups in total. The molecule has 1 aliphatic heterocycles. The van der Waals surface area contributed by atoms with Gasteiger partial charge < -0.3 is 19.5 Å². The van der Waals surface area contributed by atoms with Gasteiger partial charge in [0.05, 0.1) is 26.7 Å². The number of methoxy groups -OCH3 is 1. The largest absolute Gasteiger partial charge is 0.467 e. The van der Waals surface area contributed by atoms with E-state index in [1.165, 1.54) is 7.11 Å². The first-order valence-corrected chi connectivity index (χ1v) is 8.33. The Labute approximate surface area is 148 Å². The average Bonchev–Trinajstić information content (AvgIpc) is 2.52. The van der Waals surface area contributed by atoms with Crippen LogP contribution in [0.4, 0.5) is 0 Å². The van der Waals surface area contributed by atoms with Crippen LogP contribution in [0.25, 0.3) is 0 Å². The number of rotatable bonds is 4. The predicted molar refractivity (Wildman–Crippen MR) is 93.2 cm³/mol. The summed E-state index contributed by atoms with van der Waals surface area (Å²) < 4.78 is 16.0. The van der Waals surface area contributed by atoms with Gasteiger partial charge in [-0.15, -0.1) is 0 Å². The fourth-order valence-corrected chi connectivity index (χ4v) is 3.07. The fourth-order valence-electron chi connectivity index (χ4n) is 3.07. The molecule has 0 atom stereocenters. The Bertz CT molecular complexity index is 647. The van der Waals surface area contributed by atoms with Crippen molar-refractivity contribution in [2.75, 3.05) is 20.3 Å². The summed E-state index contributed by atoms with van der Waals surface area (Å²) in [6.45, 7) is 9.51. The lowest BCUT2D eigenvalue weighted by Crippen LogP contribution is -2.66. The maximum absolute atomic E-state index is 12.6. The molecular formula is C19H27NO5. The SMILES string of the molecule is COC(=O)C1(NC(=O)Cc2c(C)cc(C)cc2C)COC(C)(C)OC1. The number of aryl methyl sites for hydroxylation is 3. The van der Waals surface area contributed by atoms with E-state index in [-0.39, 0.29) is 25.5 Å². The number of nitrogens with one attached hydrogen (secondary N) is 1. The first kappa shape index (κ1) is 19.4. The molecule has 0 radical (unpaired) electrons. The van der Waals surface area contributed by atoms with E-state index < -0.39 is 17.3 Å². The molecule has 1 saturated heterocycles. The van der Waals surface area contributed by atoms with Crippen LogP contribution in [0.15, 0.2) is 12.1 Å². The topological polar surface area (TPSA) is 73.9 Å². The van der Waals surface area contributed by atoms with Gasteiger partial charge in [-0.3, -0.25) is 4.79 Å². The van der Waals surface area contributed by atoms with Crippen LogP contribution in [0.1, 0.15) is 36.1 Å². The van der Waals surface area contributed by atoms with Crippen molar-refractivity contribution in [1.29, 1.82) is 0 Å². The smallest absolute Gasteiger partial charge is 0.336 e. The van der Waals surface area contributed by atoms with Crippen molar-refractivity contribution in [3.63, 3.8) is 0 Å². The summed E-state index contributed by atoms with van der Waals surface area (Å²) in [5.74, 6) is -1.65. The number of amides is 1. The number of hydrogen-bond donors (Lipinski definition) is 1. The van der Waals surface area contributed by atoms with Gasteiger partial charge in [-0.25, -0.2) is 4.79 Å².